The molecule has 0 bridgehead atoms. The van der Waals surface area contributed by atoms with Crippen molar-refractivity contribution < 1.29 is 14.7 Å². The Balaban J connectivity index is 0.000000189. The molecule has 4 aromatic rings. The van der Waals surface area contributed by atoms with Gasteiger partial charge in [-0.25, -0.2) is 0 Å². The van der Waals surface area contributed by atoms with Gasteiger partial charge in [0.15, 0.2) is 0 Å². The van der Waals surface area contributed by atoms with Gasteiger partial charge in [-0.3, -0.25) is 9.59 Å². The Morgan fingerprint density at radius 2 is 0.886 bits per heavy atom. The van der Waals surface area contributed by atoms with Crippen molar-refractivity contribution in [1.29, 1.82) is 0 Å². The molecule has 0 unspecified atom stereocenters. The molecule has 1 aliphatic carbocycles. The predicted molar refractivity (Wildman–Crippen MR) is 140 cm³/mol. The summed E-state index contributed by atoms with van der Waals surface area (Å²) in [5.41, 5.74) is 5.07. The second kappa shape index (κ2) is 12.3. The Morgan fingerprint density at radius 1 is 0.514 bits per heavy atom. The fourth-order valence-electron chi connectivity index (χ4n) is 4.13. The van der Waals surface area contributed by atoms with Crippen molar-refractivity contribution >= 4 is 37.1 Å². The molecule has 0 fully saturated rings. The molecule has 0 saturated carbocycles. The summed E-state index contributed by atoms with van der Waals surface area (Å²) in [4.78, 5) is 22.2. The summed E-state index contributed by atoms with van der Waals surface area (Å²) >= 11 is -1.56. The number of carbonyl (C=O) groups is 2. The first kappa shape index (κ1) is 24.7. The first-order valence-corrected chi connectivity index (χ1v) is 17.7. The average Bonchev–Trinajstić information content (AvgIpc) is 2.90. The molecule has 0 radical (unpaired) electrons. The molecule has 4 heteroatoms. The molecule has 0 saturated heterocycles. The summed E-state index contributed by atoms with van der Waals surface area (Å²) in [5, 5.41) is 11.2. The molecular weight excluding hydrogens is 539 g/mol. The SMILES string of the molecule is O=C1C=C([O-])c2ccccc2C1=O.c1ccc([CH2][Sn+]([CH2]c2ccccc2)[CH2]c2ccccc2)cc1. The van der Waals surface area contributed by atoms with Crippen LogP contribution < -0.4 is 5.11 Å². The van der Waals surface area contributed by atoms with Gasteiger partial charge in [0.25, 0.3) is 0 Å². The van der Waals surface area contributed by atoms with Crippen molar-refractivity contribution in [2.45, 2.75) is 13.3 Å². The van der Waals surface area contributed by atoms with Crippen LogP contribution in [0.4, 0.5) is 0 Å². The molecule has 0 spiro atoms. The predicted octanol–water partition coefficient (Wildman–Crippen LogP) is 4.98. The van der Waals surface area contributed by atoms with Crippen LogP contribution in [0.3, 0.4) is 0 Å². The van der Waals surface area contributed by atoms with Crippen LogP contribution in [-0.4, -0.2) is 31.3 Å². The van der Waals surface area contributed by atoms with E-state index >= 15 is 0 Å². The van der Waals surface area contributed by atoms with Gasteiger partial charge in [0.2, 0.25) is 11.6 Å². The van der Waals surface area contributed by atoms with Crippen LogP contribution in [0.2, 0.25) is 0 Å². The second-order valence-electron chi connectivity index (χ2n) is 8.48. The number of Topliss-reactive ketones (excluding diaryl/α,β-unsaturated/α-hetero) is 1. The molecule has 0 heterocycles. The minimum atomic E-state index is -1.56. The summed E-state index contributed by atoms with van der Waals surface area (Å²) in [6, 6.07) is 39.4. The van der Waals surface area contributed by atoms with E-state index < -0.39 is 31.3 Å². The van der Waals surface area contributed by atoms with Gasteiger partial charge in [-0.2, -0.15) is 0 Å². The van der Waals surface area contributed by atoms with E-state index in [4.69, 9.17) is 0 Å². The molecule has 1 aliphatic rings. The van der Waals surface area contributed by atoms with Crippen LogP contribution in [0.25, 0.3) is 5.76 Å². The standard InChI is InChI=1S/C10H6O3.3C7H7.Sn/c11-8-5-9(12)10(13)7-4-2-1-3-6(7)8;3*1-7-5-3-2-4-6-7;/h1-5,11H;3*2-6H,1H2;/q;;;;+1/p-1. The van der Waals surface area contributed by atoms with Crippen LogP contribution in [0, 0.1) is 0 Å². The summed E-state index contributed by atoms with van der Waals surface area (Å²) < 4.78 is 3.98. The molecular formula is C31H26O3Sn. The van der Waals surface area contributed by atoms with Crippen LogP contribution in [0.1, 0.15) is 32.6 Å². The van der Waals surface area contributed by atoms with Gasteiger partial charge in [0.05, 0.1) is 0 Å². The number of allylic oxidation sites excluding steroid dienone is 1. The fraction of sp³-hybridized carbons (Fsp3) is 0.0968. The first-order valence-electron chi connectivity index (χ1n) is 11.6. The van der Waals surface area contributed by atoms with Gasteiger partial charge >= 0.3 is 141 Å². The van der Waals surface area contributed by atoms with Crippen LogP contribution in [0.5, 0.6) is 0 Å². The monoisotopic (exact) mass is 566 g/mol. The third-order valence-corrected chi connectivity index (χ3v) is 13.6. The van der Waals surface area contributed by atoms with E-state index in [-0.39, 0.29) is 11.3 Å². The van der Waals surface area contributed by atoms with Gasteiger partial charge in [-0.05, 0) is 11.6 Å². The van der Waals surface area contributed by atoms with E-state index in [1.165, 1.54) is 36.1 Å². The van der Waals surface area contributed by atoms with E-state index in [9.17, 15) is 14.7 Å². The molecule has 0 N–H and O–H groups in total. The summed E-state index contributed by atoms with van der Waals surface area (Å²) in [5.74, 6) is -1.72. The molecule has 0 aromatic heterocycles. The Bertz CT molecular complexity index is 1200. The van der Waals surface area contributed by atoms with Gasteiger partial charge in [-0.1, -0.05) is 30.0 Å². The molecule has 0 aliphatic heterocycles. The third kappa shape index (κ3) is 7.03. The number of carbonyl (C=O) groups excluding carboxylic acids is 2. The quantitative estimate of drug-likeness (QED) is 0.245. The minimum absolute atomic E-state index is 0.208. The average molecular weight is 565 g/mol. The van der Waals surface area contributed by atoms with Gasteiger partial charge in [0, 0.05) is 5.56 Å². The number of hydrogen-bond acceptors (Lipinski definition) is 3. The number of ketones is 2. The van der Waals surface area contributed by atoms with Crippen molar-refractivity contribution in [1.82, 2.24) is 0 Å². The Hall–Kier alpha value is -3.44. The summed E-state index contributed by atoms with van der Waals surface area (Å²) in [7, 11) is 0. The molecule has 0 amide bonds. The molecule has 4 aromatic carbocycles. The van der Waals surface area contributed by atoms with E-state index in [0.29, 0.717) is 5.56 Å². The maximum absolute atomic E-state index is 11.2. The van der Waals surface area contributed by atoms with Crippen LogP contribution in [0.15, 0.2) is 121 Å². The zero-order chi connectivity index (χ0) is 24.5. The molecule has 0 atom stereocenters. The van der Waals surface area contributed by atoms with Gasteiger partial charge in [-0.15, -0.1) is 0 Å². The number of fused-ring (bicyclic) bond motifs is 1. The first-order chi connectivity index (χ1) is 17.1. The second-order valence-corrected chi connectivity index (χ2v) is 15.8. The third-order valence-electron chi connectivity index (χ3n) is 5.81. The zero-order valence-electron chi connectivity index (χ0n) is 19.4. The molecule has 5 rings (SSSR count). The summed E-state index contributed by atoms with van der Waals surface area (Å²) in [6.07, 6.45) is 0.838. The normalized spacial score (nSPS) is 12.2. The maximum atomic E-state index is 11.2. The Morgan fingerprint density at radius 3 is 1.31 bits per heavy atom. The van der Waals surface area contributed by atoms with Gasteiger partial charge < -0.3 is 5.11 Å². The summed E-state index contributed by atoms with van der Waals surface area (Å²) in [6.45, 7) is 0. The molecule has 35 heavy (non-hydrogen) atoms. The molecule has 3 nitrogen and oxygen atoms in total. The molecule has 172 valence electrons. The van der Waals surface area contributed by atoms with E-state index in [2.05, 4.69) is 91.0 Å². The van der Waals surface area contributed by atoms with Crippen molar-refractivity contribution in [3.8, 4) is 0 Å². The fourth-order valence-corrected chi connectivity index (χ4v) is 12.2. The number of rotatable bonds is 6. The number of hydrogen-bond donors (Lipinski definition) is 0. The Labute approximate surface area is 213 Å². The van der Waals surface area contributed by atoms with E-state index in [0.717, 1.165) is 6.08 Å². The topological polar surface area (TPSA) is 57.2 Å². The van der Waals surface area contributed by atoms with Crippen LogP contribution in [-0.2, 0) is 18.1 Å². The number of benzene rings is 4. The van der Waals surface area contributed by atoms with Crippen molar-refractivity contribution in [3.05, 3.63) is 149 Å². The van der Waals surface area contributed by atoms with Crippen molar-refractivity contribution in [2.24, 2.45) is 0 Å². The Kier molecular flexibility index (Phi) is 8.68. The van der Waals surface area contributed by atoms with Crippen molar-refractivity contribution in [3.63, 3.8) is 0 Å². The zero-order valence-corrected chi connectivity index (χ0v) is 22.2. The van der Waals surface area contributed by atoms with E-state index in [1.54, 1.807) is 18.2 Å². The van der Waals surface area contributed by atoms with Crippen molar-refractivity contribution in [2.75, 3.05) is 0 Å². The van der Waals surface area contributed by atoms with Gasteiger partial charge in [0.1, 0.15) is 0 Å². The van der Waals surface area contributed by atoms with E-state index in [1.807, 2.05) is 0 Å². The van der Waals surface area contributed by atoms with Crippen LogP contribution >= 0.6 is 0 Å².